The Labute approximate surface area is 140 Å². The van der Waals surface area contributed by atoms with Gasteiger partial charge in [0.2, 0.25) is 0 Å². The van der Waals surface area contributed by atoms with Crippen LogP contribution in [0, 0.1) is 6.92 Å². The van der Waals surface area contributed by atoms with Gasteiger partial charge in [-0.1, -0.05) is 30.7 Å². The van der Waals surface area contributed by atoms with Crippen molar-refractivity contribution < 1.29 is 14.6 Å². The highest BCUT2D eigenvalue weighted by Crippen LogP contribution is 2.31. The number of aromatic carboxylic acids is 1. The Morgan fingerprint density at radius 1 is 1.17 bits per heavy atom. The normalized spacial score (nSPS) is 10.8. The van der Waals surface area contributed by atoms with E-state index in [1.807, 2.05) is 56.3 Å². The number of ether oxygens (including phenoxy) is 1. The van der Waals surface area contributed by atoms with Crippen LogP contribution >= 0.6 is 0 Å². The number of nitrogens with zero attached hydrogens (tertiary/aromatic N) is 1. The van der Waals surface area contributed by atoms with Gasteiger partial charge in [0.25, 0.3) is 0 Å². The summed E-state index contributed by atoms with van der Waals surface area (Å²) in [5, 5.41) is 12.2. The average Bonchev–Trinajstić information content (AvgIpc) is 2.59. The number of hydrogen-bond acceptors (Lipinski definition) is 4. The molecule has 3 rings (SSSR count). The Kier molecular flexibility index (Phi) is 4.47. The third kappa shape index (κ3) is 3.08. The largest absolute Gasteiger partial charge is 0.545 e. The highest BCUT2D eigenvalue weighted by atomic mass is 16.5. The molecule has 0 spiro atoms. The van der Waals surface area contributed by atoms with Crippen molar-refractivity contribution >= 4 is 16.9 Å². The van der Waals surface area contributed by atoms with Crippen LogP contribution in [0.25, 0.3) is 22.2 Å². The van der Waals surface area contributed by atoms with E-state index in [4.69, 9.17) is 4.74 Å². The molecule has 122 valence electrons. The summed E-state index contributed by atoms with van der Waals surface area (Å²) in [6, 6.07) is 14.6. The lowest BCUT2D eigenvalue weighted by molar-refractivity contribution is -0.254. The second-order valence-corrected chi connectivity index (χ2v) is 5.71. The van der Waals surface area contributed by atoms with E-state index in [0.29, 0.717) is 29.0 Å². The maximum Gasteiger partial charge on any atom is 0.128 e. The Balaban J connectivity index is 2.21. The molecule has 4 heteroatoms. The van der Waals surface area contributed by atoms with Gasteiger partial charge in [-0.2, -0.15) is 0 Å². The Hall–Kier alpha value is -2.88. The first-order chi connectivity index (χ1) is 11.6. The Morgan fingerprint density at radius 3 is 2.71 bits per heavy atom. The number of hydrogen-bond donors (Lipinski definition) is 0. The van der Waals surface area contributed by atoms with Crippen molar-refractivity contribution in [3.8, 4) is 17.0 Å². The van der Waals surface area contributed by atoms with Gasteiger partial charge in [0, 0.05) is 16.5 Å². The molecule has 0 aliphatic carbocycles. The van der Waals surface area contributed by atoms with Crippen LogP contribution in [-0.2, 0) is 0 Å². The third-order valence-electron chi connectivity index (χ3n) is 3.81. The summed E-state index contributed by atoms with van der Waals surface area (Å²) in [6.07, 6.45) is 0.892. The van der Waals surface area contributed by atoms with Crippen molar-refractivity contribution in [1.82, 2.24) is 4.98 Å². The zero-order valence-electron chi connectivity index (χ0n) is 13.7. The van der Waals surface area contributed by atoms with Crippen LogP contribution < -0.4 is 9.84 Å². The molecule has 24 heavy (non-hydrogen) atoms. The van der Waals surface area contributed by atoms with E-state index in [9.17, 15) is 9.90 Å². The standard InChI is InChI=1S/C20H19NO3/c1-3-10-24-19-7-5-4-6-14(19)18-12-16(20(22)23)15-11-13(2)8-9-17(15)21-18/h4-9,11-12H,3,10H2,1-2H3,(H,22,23)/p-1. The summed E-state index contributed by atoms with van der Waals surface area (Å²) in [4.78, 5) is 16.2. The number of pyridine rings is 1. The number of rotatable bonds is 5. The number of aryl methyl sites for hydroxylation is 1. The number of carboxylic acids is 1. The van der Waals surface area contributed by atoms with Gasteiger partial charge in [-0.3, -0.25) is 0 Å². The van der Waals surface area contributed by atoms with Crippen molar-refractivity contribution in [2.45, 2.75) is 20.3 Å². The van der Waals surface area contributed by atoms with Gasteiger partial charge < -0.3 is 14.6 Å². The molecule has 0 N–H and O–H groups in total. The molecule has 0 radical (unpaired) electrons. The van der Waals surface area contributed by atoms with Crippen LogP contribution in [0.3, 0.4) is 0 Å². The summed E-state index contributed by atoms with van der Waals surface area (Å²) < 4.78 is 5.77. The smallest absolute Gasteiger partial charge is 0.128 e. The molecule has 1 heterocycles. The second kappa shape index (κ2) is 6.71. The minimum absolute atomic E-state index is 0.143. The van der Waals surface area contributed by atoms with Crippen LogP contribution in [0.1, 0.15) is 29.3 Å². The summed E-state index contributed by atoms with van der Waals surface area (Å²) >= 11 is 0. The predicted molar refractivity (Wildman–Crippen MR) is 92.0 cm³/mol. The molecule has 2 aromatic carbocycles. The maximum atomic E-state index is 11.6. The van der Waals surface area contributed by atoms with Crippen molar-refractivity contribution in [2.75, 3.05) is 6.61 Å². The zero-order valence-corrected chi connectivity index (χ0v) is 13.7. The second-order valence-electron chi connectivity index (χ2n) is 5.71. The highest BCUT2D eigenvalue weighted by molar-refractivity contribution is 6.03. The maximum absolute atomic E-state index is 11.6. The van der Waals surface area contributed by atoms with Gasteiger partial charge in [-0.25, -0.2) is 4.98 Å². The number of carbonyl (C=O) groups excluding carboxylic acids is 1. The molecular formula is C20H18NO3-. The van der Waals surface area contributed by atoms with Crippen LogP contribution in [0.15, 0.2) is 48.5 Å². The minimum atomic E-state index is -1.21. The number of para-hydroxylation sites is 1. The molecular weight excluding hydrogens is 302 g/mol. The molecule has 3 aromatic rings. The molecule has 0 saturated heterocycles. The number of benzene rings is 2. The summed E-state index contributed by atoms with van der Waals surface area (Å²) in [6.45, 7) is 4.55. The number of carbonyl (C=O) groups is 1. The number of fused-ring (bicyclic) bond motifs is 1. The third-order valence-corrected chi connectivity index (χ3v) is 3.81. The molecule has 0 aliphatic heterocycles. The van der Waals surface area contributed by atoms with E-state index in [2.05, 4.69) is 4.98 Å². The predicted octanol–water partition coefficient (Wildman–Crippen LogP) is 3.36. The first-order valence-electron chi connectivity index (χ1n) is 7.95. The Morgan fingerprint density at radius 2 is 1.96 bits per heavy atom. The lowest BCUT2D eigenvalue weighted by Gasteiger charge is -2.14. The molecule has 0 fully saturated rings. The van der Waals surface area contributed by atoms with E-state index in [1.54, 1.807) is 6.07 Å². The van der Waals surface area contributed by atoms with E-state index in [0.717, 1.165) is 17.5 Å². The average molecular weight is 320 g/mol. The molecule has 0 atom stereocenters. The van der Waals surface area contributed by atoms with Gasteiger partial charge in [-0.05, 0) is 43.7 Å². The highest BCUT2D eigenvalue weighted by Gasteiger charge is 2.12. The van der Waals surface area contributed by atoms with E-state index < -0.39 is 5.97 Å². The number of carboxylic acid groups (broad SMARTS) is 1. The summed E-state index contributed by atoms with van der Waals surface area (Å²) in [5.41, 5.74) is 3.09. The lowest BCUT2D eigenvalue weighted by atomic mass is 10.0. The van der Waals surface area contributed by atoms with Crippen LogP contribution in [0.4, 0.5) is 0 Å². The van der Waals surface area contributed by atoms with Gasteiger partial charge in [-0.15, -0.1) is 0 Å². The van der Waals surface area contributed by atoms with Gasteiger partial charge >= 0.3 is 0 Å². The fourth-order valence-corrected chi connectivity index (χ4v) is 2.66. The quantitative estimate of drug-likeness (QED) is 0.723. The van der Waals surface area contributed by atoms with E-state index in [1.165, 1.54) is 0 Å². The van der Waals surface area contributed by atoms with Crippen molar-refractivity contribution in [1.29, 1.82) is 0 Å². The molecule has 0 bridgehead atoms. The first kappa shape index (κ1) is 16.0. The van der Waals surface area contributed by atoms with Crippen LogP contribution in [0.2, 0.25) is 0 Å². The summed E-state index contributed by atoms with van der Waals surface area (Å²) in [7, 11) is 0. The van der Waals surface area contributed by atoms with Crippen molar-refractivity contribution in [3.63, 3.8) is 0 Å². The fraction of sp³-hybridized carbons (Fsp3) is 0.200. The molecule has 0 aliphatic rings. The first-order valence-corrected chi connectivity index (χ1v) is 7.95. The minimum Gasteiger partial charge on any atom is -0.545 e. The molecule has 0 amide bonds. The van der Waals surface area contributed by atoms with Crippen molar-refractivity contribution in [2.24, 2.45) is 0 Å². The monoisotopic (exact) mass is 320 g/mol. The zero-order chi connectivity index (χ0) is 17.1. The van der Waals surface area contributed by atoms with E-state index >= 15 is 0 Å². The topological polar surface area (TPSA) is 62.2 Å². The molecule has 0 unspecified atom stereocenters. The van der Waals surface area contributed by atoms with Crippen LogP contribution in [-0.4, -0.2) is 17.6 Å². The number of aromatic nitrogens is 1. The van der Waals surface area contributed by atoms with Crippen molar-refractivity contribution in [3.05, 3.63) is 59.7 Å². The van der Waals surface area contributed by atoms with Crippen LogP contribution in [0.5, 0.6) is 5.75 Å². The molecule has 4 nitrogen and oxygen atoms in total. The van der Waals surface area contributed by atoms with Gasteiger partial charge in [0.05, 0.1) is 23.8 Å². The SMILES string of the molecule is CCCOc1ccccc1-c1cc(C(=O)[O-])c2cc(C)ccc2n1. The Bertz CT molecular complexity index is 903. The molecule has 1 aromatic heterocycles. The lowest BCUT2D eigenvalue weighted by Crippen LogP contribution is -2.22. The van der Waals surface area contributed by atoms with Gasteiger partial charge in [0.15, 0.2) is 0 Å². The van der Waals surface area contributed by atoms with Gasteiger partial charge in [0.1, 0.15) is 5.75 Å². The fourth-order valence-electron chi connectivity index (χ4n) is 2.66. The molecule has 0 saturated carbocycles. The van der Waals surface area contributed by atoms with E-state index in [-0.39, 0.29) is 5.56 Å². The summed E-state index contributed by atoms with van der Waals surface area (Å²) in [5.74, 6) is -0.510.